The third-order valence-corrected chi connectivity index (χ3v) is 6.58. The number of fused-ring (bicyclic) bond motifs is 1. The van der Waals surface area contributed by atoms with Crippen molar-refractivity contribution in [2.45, 2.75) is 30.2 Å². The summed E-state index contributed by atoms with van der Waals surface area (Å²) < 4.78 is 107. The van der Waals surface area contributed by atoms with Crippen molar-refractivity contribution in [2.24, 2.45) is 0 Å². The summed E-state index contributed by atoms with van der Waals surface area (Å²) in [5.41, 5.74) is -1.29. The Morgan fingerprint density at radius 3 is 2.16 bits per heavy atom. The Morgan fingerprint density at radius 1 is 0.968 bits per heavy atom. The molecule has 0 bridgehead atoms. The first-order valence-corrected chi connectivity index (χ1v) is 10.4. The summed E-state index contributed by atoms with van der Waals surface area (Å²) in [5.74, 6) is 0. The Bertz CT molecular complexity index is 1170. The molecule has 0 aliphatic rings. The van der Waals surface area contributed by atoms with E-state index in [0.717, 1.165) is 6.07 Å². The first kappa shape index (κ1) is 23.0. The summed E-state index contributed by atoms with van der Waals surface area (Å²) in [5, 5.41) is 0.415. The van der Waals surface area contributed by atoms with Crippen LogP contribution in [0.5, 0.6) is 0 Å². The first-order chi connectivity index (χ1) is 14.4. The second-order valence-electron chi connectivity index (χ2n) is 6.63. The Kier molecular flexibility index (Phi) is 6.03. The van der Waals surface area contributed by atoms with Gasteiger partial charge >= 0.3 is 12.4 Å². The number of sulfonamides is 1. The summed E-state index contributed by atoms with van der Waals surface area (Å²) in [7, 11) is -4.65. The first-order valence-electron chi connectivity index (χ1n) is 8.96. The van der Waals surface area contributed by atoms with Gasteiger partial charge < -0.3 is 0 Å². The number of nitrogens with zero attached hydrogens (tertiary/aromatic N) is 2. The molecule has 0 N–H and O–H groups in total. The topological polar surface area (TPSA) is 50.3 Å². The summed E-state index contributed by atoms with van der Waals surface area (Å²) in [6.45, 7) is 0.668. The summed E-state index contributed by atoms with van der Waals surface area (Å²) in [6.07, 6.45) is -8.32. The third kappa shape index (κ3) is 4.67. The maximum Gasteiger partial charge on any atom is 0.416 e. The Morgan fingerprint density at radius 2 is 1.61 bits per heavy atom. The van der Waals surface area contributed by atoms with Gasteiger partial charge in [0.05, 0.1) is 16.0 Å². The lowest BCUT2D eigenvalue weighted by atomic mass is 10.0. The molecule has 0 aliphatic heterocycles. The van der Waals surface area contributed by atoms with Crippen LogP contribution in [-0.4, -0.2) is 30.4 Å². The van der Waals surface area contributed by atoms with E-state index in [2.05, 4.69) is 4.98 Å². The Hall–Kier alpha value is -2.66. The van der Waals surface area contributed by atoms with Crippen LogP contribution in [0.4, 0.5) is 26.3 Å². The molecule has 4 nitrogen and oxygen atoms in total. The molecule has 0 saturated heterocycles. The van der Waals surface area contributed by atoms with Crippen LogP contribution in [-0.2, 0) is 16.2 Å². The van der Waals surface area contributed by atoms with Crippen LogP contribution in [0.25, 0.3) is 10.9 Å². The molecule has 1 aromatic heterocycles. The van der Waals surface area contributed by atoms with Crippen molar-refractivity contribution in [1.82, 2.24) is 9.29 Å². The SMILES string of the molecule is CCN([C@H](c1ccc(C(F)(F)F)cc1)C(F)(F)F)S(=O)(=O)c1ccc2ncccc2c1. The number of benzene rings is 2. The second kappa shape index (κ2) is 8.12. The van der Waals surface area contributed by atoms with Crippen molar-refractivity contribution in [3.63, 3.8) is 0 Å². The van der Waals surface area contributed by atoms with E-state index in [1.54, 1.807) is 12.1 Å². The number of rotatable bonds is 5. The standard InChI is InChI=1S/C20H16F6N2O2S/c1-2-28(31(29,30)16-9-10-17-14(12-16)4-3-11-27-17)18(20(24,25)26)13-5-7-15(8-6-13)19(21,22)23/h3-12,18H,2H2,1H3/t18-/m1/s1. The highest BCUT2D eigenvalue weighted by molar-refractivity contribution is 7.89. The van der Waals surface area contributed by atoms with E-state index >= 15 is 0 Å². The van der Waals surface area contributed by atoms with E-state index in [1.165, 1.54) is 25.3 Å². The van der Waals surface area contributed by atoms with Gasteiger partial charge in [-0.05, 0) is 42.0 Å². The molecular weight excluding hydrogens is 446 g/mol. The molecule has 0 aliphatic carbocycles. The predicted octanol–water partition coefficient (Wildman–Crippen LogP) is 5.57. The summed E-state index contributed by atoms with van der Waals surface area (Å²) in [6, 6.07) is 6.46. The van der Waals surface area contributed by atoms with Gasteiger partial charge in [-0.3, -0.25) is 4.98 Å². The number of aromatic nitrogens is 1. The average Bonchev–Trinajstić information content (AvgIpc) is 2.70. The van der Waals surface area contributed by atoms with Crippen molar-refractivity contribution in [3.8, 4) is 0 Å². The molecular formula is C20H16F6N2O2S. The number of hydrogen-bond donors (Lipinski definition) is 0. The normalized spacial score (nSPS) is 14.2. The van der Waals surface area contributed by atoms with Crippen LogP contribution in [0.3, 0.4) is 0 Å². The van der Waals surface area contributed by atoms with Crippen LogP contribution in [0.2, 0.25) is 0 Å². The number of halogens is 6. The van der Waals surface area contributed by atoms with E-state index in [0.29, 0.717) is 35.2 Å². The lowest BCUT2D eigenvalue weighted by Crippen LogP contribution is -2.42. The number of hydrogen-bond acceptors (Lipinski definition) is 3. The average molecular weight is 462 g/mol. The van der Waals surface area contributed by atoms with Gasteiger partial charge in [-0.1, -0.05) is 25.1 Å². The molecule has 0 saturated carbocycles. The van der Waals surface area contributed by atoms with Crippen molar-refractivity contribution < 1.29 is 34.8 Å². The Labute approximate surface area is 174 Å². The molecule has 3 aromatic rings. The minimum atomic E-state index is -5.07. The van der Waals surface area contributed by atoms with Crippen molar-refractivity contribution >= 4 is 20.9 Å². The molecule has 3 rings (SSSR count). The van der Waals surface area contributed by atoms with Gasteiger partial charge in [0, 0.05) is 18.1 Å². The van der Waals surface area contributed by atoms with Crippen LogP contribution in [0, 0.1) is 0 Å². The fraction of sp³-hybridized carbons (Fsp3) is 0.250. The van der Waals surface area contributed by atoms with Gasteiger partial charge in [-0.15, -0.1) is 0 Å². The van der Waals surface area contributed by atoms with Gasteiger partial charge in [0.2, 0.25) is 10.0 Å². The molecule has 0 amide bonds. The highest BCUT2D eigenvalue weighted by atomic mass is 32.2. The molecule has 0 spiro atoms. The second-order valence-corrected chi connectivity index (χ2v) is 8.52. The minimum absolute atomic E-state index is 0.229. The van der Waals surface area contributed by atoms with E-state index in [-0.39, 0.29) is 9.20 Å². The van der Waals surface area contributed by atoms with Crippen molar-refractivity contribution in [3.05, 3.63) is 71.9 Å². The molecule has 1 heterocycles. The van der Waals surface area contributed by atoms with Gasteiger partial charge in [0.1, 0.15) is 6.04 Å². The molecule has 2 aromatic carbocycles. The maximum absolute atomic E-state index is 13.9. The van der Waals surface area contributed by atoms with Crippen LogP contribution in [0.1, 0.15) is 24.1 Å². The minimum Gasteiger partial charge on any atom is -0.256 e. The lowest BCUT2D eigenvalue weighted by molar-refractivity contribution is -0.173. The van der Waals surface area contributed by atoms with Crippen LogP contribution < -0.4 is 0 Å². The molecule has 0 fully saturated rings. The summed E-state index contributed by atoms with van der Waals surface area (Å²) in [4.78, 5) is 3.66. The zero-order valence-corrected chi connectivity index (χ0v) is 16.8. The molecule has 11 heteroatoms. The molecule has 166 valence electrons. The fourth-order valence-corrected chi connectivity index (χ4v) is 4.86. The molecule has 1 atom stereocenters. The maximum atomic E-state index is 13.9. The highest BCUT2D eigenvalue weighted by Crippen LogP contribution is 2.41. The molecule has 0 unspecified atom stereocenters. The highest BCUT2D eigenvalue weighted by Gasteiger charge is 2.49. The van der Waals surface area contributed by atoms with Crippen molar-refractivity contribution in [1.29, 1.82) is 0 Å². The van der Waals surface area contributed by atoms with Crippen LogP contribution in [0.15, 0.2) is 65.7 Å². The quantitative estimate of drug-likeness (QED) is 0.466. The zero-order valence-electron chi connectivity index (χ0n) is 15.9. The van der Waals surface area contributed by atoms with E-state index in [9.17, 15) is 34.8 Å². The third-order valence-electron chi connectivity index (χ3n) is 4.64. The Balaban J connectivity index is 2.10. The van der Waals surface area contributed by atoms with Crippen LogP contribution >= 0.6 is 0 Å². The largest absolute Gasteiger partial charge is 0.416 e. The van der Waals surface area contributed by atoms with Gasteiger partial charge in [-0.2, -0.15) is 30.6 Å². The summed E-state index contributed by atoms with van der Waals surface area (Å²) >= 11 is 0. The monoisotopic (exact) mass is 462 g/mol. The van der Waals surface area contributed by atoms with Gasteiger partial charge in [0.15, 0.2) is 0 Å². The van der Waals surface area contributed by atoms with E-state index < -0.39 is 46.1 Å². The van der Waals surface area contributed by atoms with E-state index in [1.807, 2.05) is 0 Å². The fourth-order valence-electron chi connectivity index (χ4n) is 3.21. The van der Waals surface area contributed by atoms with Gasteiger partial charge in [-0.25, -0.2) is 8.42 Å². The number of alkyl halides is 6. The predicted molar refractivity (Wildman–Crippen MR) is 102 cm³/mol. The number of pyridine rings is 1. The van der Waals surface area contributed by atoms with Gasteiger partial charge in [0.25, 0.3) is 0 Å². The molecule has 0 radical (unpaired) electrons. The lowest BCUT2D eigenvalue weighted by Gasteiger charge is -2.32. The zero-order chi connectivity index (χ0) is 23.0. The molecule has 31 heavy (non-hydrogen) atoms. The van der Waals surface area contributed by atoms with Crippen molar-refractivity contribution in [2.75, 3.05) is 6.54 Å². The smallest absolute Gasteiger partial charge is 0.256 e. The van der Waals surface area contributed by atoms with E-state index in [4.69, 9.17) is 0 Å².